The van der Waals surface area contributed by atoms with E-state index in [-0.39, 0.29) is 11.3 Å². The molecule has 23 heavy (non-hydrogen) atoms. The molecule has 2 aliphatic rings. The van der Waals surface area contributed by atoms with Gasteiger partial charge in [0.15, 0.2) is 0 Å². The first-order valence-corrected chi connectivity index (χ1v) is 7.12. The maximum atomic E-state index is 11.7. The Morgan fingerprint density at radius 2 is 1.74 bits per heavy atom. The summed E-state index contributed by atoms with van der Waals surface area (Å²) in [6.45, 7) is 0. The molecule has 4 heteroatoms. The van der Waals surface area contributed by atoms with E-state index in [1.165, 1.54) is 6.07 Å². The topological polar surface area (TPSA) is 70.7 Å². The van der Waals surface area contributed by atoms with Crippen molar-refractivity contribution in [2.75, 3.05) is 0 Å². The Morgan fingerprint density at radius 1 is 0.913 bits per heavy atom. The Kier molecular flexibility index (Phi) is 2.84. The second kappa shape index (κ2) is 4.88. The molecule has 0 radical (unpaired) electrons. The molecule has 1 heterocycles. The molecule has 1 aliphatic heterocycles. The number of benzene rings is 2. The van der Waals surface area contributed by atoms with Gasteiger partial charge in [-0.25, -0.2) is 4.79 Å². The smallest absolute Gasteiger partial charge is 0.340 e. The summed E-state index contributed by atoms with van der Waals surface area (Å²) in [7, 11) is 0. The van der Waals surface area contributed by atoms with Gasteiger partial charge in [-0.2, -0.15) is 0 Å². The van der Waals surface area contributed by atoms with Gasteiger partial charge in [0.1, 0.15) is 22.8 Å². The van der Waals surface area contributed by atoms with Crippen molar-refractivity contribution >= 4 is 16.7 Å². The summed E-state index contributed by atoms with van der Waals surface area (Å²) in [5.74, 6) is -0.385. The van der Waals surface area contributed by atoms with Crippen LogP contribution in [0.1, 0.15) is 10.4 Å². The molecule has 2 aromatic carbocycles. The molecular weight excluding hydrogens is 292 g/mol. The van der Waals surface area contributed by atoms with Gasteiger partial charge in [0, 0.05) is 11.1 Å². The standard InChI is InChI=1S/C19H12O4/c20-14-10-12-4-1-2-6-13(12)17(18(14)19(21)22)16-9-8-11-5-3-7-15(11)23-16/h1-10,20H,(H,21,22). The monoisotopic (exact) mass is 304 g/mol. The van der Waals surface area contributed by atoms with Crippen LogP contribution >= 0.6 is 0 Å². The highest BCUT2D eigenvalue weighted by Gasteiger charge is 2.22. The summed E-state index contributed by atoms with van der Waals surface area (Å²) >= 11 is 0. The van der Waals surface area contributed by atoms with Gasteiger partial charge >= 0.3 is 5.97 Å². The van der Waals surface area contributed by atoms with E-state index in [1.54, 1.807) is 6.07 Å². The second-order valence-electron chi connectivity index (χ2n) is 5.32. The number of aromatic carboxylic acids is 1. The lowest BCUT2D eigenvalue weighted by molar-refractivity contribution is 0.0694. The number of hydrogen-bond donors (Lipinski definition) is 2. The van der Waals surface area contributed by atoms with Crippen LogP contribution in [0.25, 0.3) is 33.4 Å². The van der Waals surface area contributed by atoms with Crippen LogP contribution in [0, 0.1) is 0 Å². The van der Waals surface area contributed by atoms with Crippen LogP contribution in [-0.4, -0.2) is 16.2 Å². The van der Waals surface area contributed by atoms with Gasteiger partial charge in [0.2, 0.25) is 0 Å². The van der Waals surface area contributed by atoms with Crippen molar-refractivity contribution in [3.05, 3.63) is 66.2 Å². The van der Waals surface area contributed by atoms with Crippen molar-refractivity contribution in [3.8, 4) is 28.4 Å². The largest absolute Gasteiger partial charge is 0.507 e. The highest BCUT2D eigenvalue weighted by molar-refractivity contribution is 6.09. The van der Waals surface area contributed by atoms with E-state index < -0.39 is 5.97 Å². The number of rotatable bonds is 2. The molecule has 4 rings (SSSR count). The zero-order valence-electron chi connectivity index (χ0n) is 12.0. The molecule has 112 valence electrons. The molecule has 0 fully saturated rings. The zero-order valence-corrected chi connectivity index (χ0v) is 12.0. The fraction of sp³-hybridized carbons (Fsp3) is 0. The third kappa shape index (κ3) is 2.04. The second-order valence-corrected chi connectivity index (χ2v) is 5.32. The third-order valence-electron chi connectivity index (χ3n) is 3.93. The van der Waals surface area contributed by atoms with Crippen LogP contribution in [-0.2, 0) is 0 Å². The first-order chi connectivity index (χ1) is 11.1. The van der Waals surface area contributed by atoms with Crippen molar-refractivity contribution < 1.29 is 19.4 Å². The van der Waals surface area contributed by atoms with Crippen molar-refractivity contribution in [3.63, 3.8) is 0 Å². The third-order valence-corrected chi connectivity index (χ3v) is 3.93. The SMILES string of the molecule is O=C(O)c1c(O)cc2ccccc2c1-c1ccc2cccc-2o1. The van der Waals surface area contributed by atoms with E-state index in [0.29, 0.717) is 17.1 Å². The number of aromatic hydroxyl groups is 1. The van der Waals surface area contributed by atoms with Gasteiger partial charge in [-0.15, -0.1) is 0 Å². The lowest BCUT2D eigenvalue weighted by Gasteiger charge is -2.13. The van der Waals surface area contributed by atoms with Crippen molar-refractivity contribution in [1.29, 1.82) is 0 Å². The van der Waals surface area contributed by atoms with Crippen LogP contribution < -0.4 is 0 Å². The fourth-order valence-electron chi connectivity index (χ4n) is 2.91. The zero-order chi connectivity index (χ0) is 16.0. The number of carboxylic acid groups (broad SMARTS) is 1. The number of carboxylic acids is 1. The van der Waals surface area contributed by atoms with Gasteiger partial charge in [0.05, 0.1) is 0 Å². The Hall–Kier alpha value is -3.27. The van der Waals surface area contributed by atoms with Gasteiger partial charge in [0.25, 0.3) is 0 Å². The Morgan fingerprint density at radius 3 is 2.57 bits per heavy atom. The minimum absolute atomic E-state index is 0.154. The van der Waals surface area contributed by atoms with Crippen molar-refractivity contribution in [2.45, 2.75) is 0 Å². The van der Waals surface area contributed by atoms with Crippen LogP contribution in [0.4, 0.5) is 0 Å². The molecule has 0 amide bonds. The normalized spacial score (nSPS) is 11.1. The van der Waals surface area contributed by atoms with Gasteiger partial charge in [-0.3, -0.25) is 0 Å². The highest BCUT2D eigenvalue weighted by Crippen LogP contribution is 2.39. The van der Waals surface area contributed by atoms with Crippen LogP contribution in [0.2, 0.25) is 0 Å². The maximum absolute atomic E-state index is 11.7. The van der Waals surface area contributed by atoms with Gasteiger partial charge < -0.3 is 14.6 Å². The molecule has 2 N–H and O–H groups in total. The predicted molar refractivity (Wildman–Crippen MR) is 86.9 cm³/mol. The minimum Gasteiger partial charge on any atom is -0.507 e. The first kappa shape index (κ1) is 13.4. The summed E-state index contributed by atoms with van der Waals surface area (Å²) in [6, 6.07) is 18.0. The first-order valence-electron chi connectivity index (χ1n) is 7.12. The molecule has 1 aliphatic carbocycles. The van der Waals surface area contributed by atoms with E-state index in [1.807, 2.05) is 48.5 Å². The average Bonchev–Trinajstić information content (AvgIpc) is 3.00. The van der Waals surface area contributed by atoms with Crippen molar-refractivity contribution in [1.82, 2.24) is 0 Å². The van der Waals surface area contributed by atoms with Crippen LogP contribution in [0.5, 0.6) is 5.75 Å². The molecule has 0 bridgehead atoms. The van der Waals surface area contributed by atoms with Gasteiger partial charge in [-0.1, -0.05) is 36.4 Å². The Labute approximate surface area is 131 Å². The van der Waals surface area contributed by atoms with E-state index in [4.69, 9.17) is 4.42 Å². The molecule has 2 aromatic rings. The van der Waals surface area contributed by atoms with E-state index in [9.17, 15) is 15.0 Å². The summed E-state index contributed by atoms with van der Waals surface area (Å²) in [6.07, 6.45) is 0. The van der Waals surface area contributed by atoms with Crippen molar-refractivity contribution in [2.24, 2.45) is 0 Å². The summed E-state index contributed by atoms with van der Waals surface area (Å²) in [5.41, 5.74) is 1.17. The maximum Gasteiger partial charge on any atom is 0.340 e. The molecule has 0 spiro atoms. The summed E-state index contributed by atoms with van der Waals surface area (Å²) < 4.78 is 5.87. The molecule has 0 aromatic heterocycles. The summed E-state index contributed by atoms with van der Waals surface area (Å²) in [4.78, 5) is 11.7. The van der Waals surface area contributed by atoms with Gasteiger partial charge in [-0.05, 0) is 35.0 Å². The highest BCUT2D eigenvalue weighted by atomic mass is 16.4. The number of fused-ring (bicyclic) bond motifs is 2. The lowest BCUT2D eigenvalue weighted by atomic mass is 9.95. The lowest BCUT2D eigenvalue weighted by Crippen LogP contribution is -2.01. The molecule has 0 saturated carbocycles. The molecule has 4 nitrogen and oxygen atoms in total. The minimum atomic E-state index is -1.19. The number of carbonyl (C=O) groups is 1. The Bertz CT molecular complexity index is 1010. The molecule has 0 unspecified atom stereocenters. The molecule has 0 atom stereocenters. The predicted octanol–water partition coefficient (Wildman–Crippen LogP) is 4.61. The summed E-state index contributed by atoms with van der Waals surface area (Å²) in [5, 5.41) is 21.2. The molecular formula is C19H12O4. The van der Waals surface area contributed by atoms with Crippen LogP contribution in [0.3, 0.4) is 0 Å². The number of hydrogen-bond acceptors (Lipinski definition) is 3. The quantitative estimate of drug-likeness (QED) is 0.567. The van der Waals surface area contributed by atoms with E-state index in [0.717, 1.165) is 16.3 Å². The number of phenols is 1. The van der Waals surface area contributed by atoms with E-state index in [2.05, 4.69) is 0 Å². The Balaban J connectivity index is 2.14. The fourth-order valence-corrected chi connectivity index (χ4v) is 2.91. The molecule has 0 saturated heterocycles. The average molecular weight is 304 g/mol. The van der Waals surface area contributed by atoms with E-state index >= 15 is 0 Å². The van der Waals surface area contributed by atoms with Crippen LogP contribution in [0.15, 0.2) is 65.1 Å².